The first-order valence-corrected chi connectivity index (χ1v) is 15.2. The lowest BCUT2D eigenvalue weighted by atomic mass is 10.0. The van der Waals surface area contributed by atoms with E-state index in [2.05, 4.69) is 33.9 Å². The van der Waals surface area contributed by atoms with E-state index < -0.39 is 14.4 Å². The summed E-state index contributed by atoms with van der Waals surface area (Å²) in [5, 5.41) is 10.6. The van der Waals surface area contributed by atoms with Crippen LogP contribution in [0.3, 0.4) is 0 Å². The monoisotopic (exact) mass is 498 g/mol. The first-order chi connectivity index (χ1) is 16.5. The third-order valence-electron chi connectivity index (χ3n) is 6.54. The molecule has 0 fully saturated rings. The van der Waals surface area contributed by atoms with Gasteiger partial charge < -0.3 is 19.0 Å². The fourth-order valence-corrected chi connectivity index (χ4v) is 4.29. The highest BCUT2D eigenvalue weighted by Crippen LogP contribution is 2.36. The summed E-state index contributed by atoms with van der Waals surface area (Å²) in [6, 6.07) is 17.6. The van der Waals surface area contributed by atoms with Gasteiger partial charge in [-0.05, 0) is 47.8 Å². The molecule has 2 aromatic carbocycles. The molecule has 2 atom stereocenters. The van der Waals surface area contributed by atoms with Crippen molar-refractivity contribution in [3.63, 3.8) is 0 Å². The number of Topliss-reactive ketones (excluding diaryl/α,β-unsaturated/α-hetero) is 1. The normalized spacial score (nSPS) is 14.1. The van der Waals surface area contributed by atoms with E-state index in [0.717, 1.165) is 16.9 Å². The molecule has 1 N–H and O–H groups in total. The summed E-state index contributed by atoms with van der Waals surface area (Å²) in [6.45, 7) is 11.8. The highest BCUT2D eigenvalue weighted by Gasteiger charge is 2.37. The van der Waals surface area contributed by atoms with Gasteiger partial charge in [0.05, 0.1) is 25.9 Å². The van der Waals surface area contributed by atoms with Gasteiger partial charge in [-0.25, -0.2) is 0 Å². The van der Waals surface area contributed by atoms with Crippen molar-refractivity contribution in [1.82, 2.24) is 0 Å². The number of hydrogen-bond acceptors (Lipinski definition) is 5. The molecule has 5 nitrogen and oxygen atoms in total. The number of methoxy groups -OCH3 is 1. The maximum atomic E-state index is 12.8. The molecule has 0 saturated carbocycles. The van der Waals surface area contributed by atoms with Gasteiger partial charge in [0, 0.05) is 19.4 Å². The second kappa shape index (κ2) is 13.7. The van der Waals surface area contributed by atoms with E-state index in [0.29, 0.717) is 19.6 Å². The average Bonchev–Trinajstić information content (AvgIpc) is 2.81. The van der Waals surface area contributed by atoms with Crippen LogP contribution in [0.2, 0.25) is 18.1 Å². The molecular formula is C29H42O5Si. The molecule has 2 rings (SSSR count). The van der Waals surface area contributed by atoms with Crippen molar-refractivity contribution < 1.29 is 23.8 Å². The van der Waals surface area contributed by atoms with Crippen LogP contribution in [0.15, 0.2) is 60.7 Å². The molecule has 0 aliphatic heterocycles. The van der Waals surface area contributed by atoms with Crippen molar-refractivity contribution in [3.8, 4) is 5.75 Å². The van der Waals surface area contributed by atoms with Crippen LogP contribution in [0.4, 0.5) is 0 Å². The van der Waals surface area contributed by atoms with Crippen molar-refractivity contribution in [2.45, 2.75) is 77.0 Å². The summed E-state index contributed by atoms with van der Waals surface area (Å²) in [4.78, 5) is 12.8. The molecule has 192 valence electrons. The van der Waals surface area contributed by atoms with Crippen molar-refractivity contribution in [1.29, 1.82) is 0 Å². The number of benzene rings is 2. The summed E-state index contributed by atoms with van der Waals surface area (Å²) in [6.07, 6.45) is 3.55. The van der Waals surface area contributed by atoms with Gasteiger partial charge in [0.25, 0.3) is 0 Å². The second-order valence-electron chi connectivity index (χ2n) is 10.5. The Hall–Kier alpha value is -2.25. The van der Waals surface area contributed by atoms with Gasteiger partial charge in [0.1, 0.15) is 11.5 Å². The van der Waals surface area contributed by atoms with Gasteiger partial charge in [-0.2, -0.15) is 0 Å². The first kappa shape index (κ1) is 29.0. The summed E-state index contributed by atoms with van der Waals surface area (Å²) >= 11 is 0. The van der Waals surface area contributed by atoms with Gasteiger partial charge in [0.15, 0.2) is 8.32 Å². The van der Waals surface area contributed by atoms with Crippen LogP contribution in [-0.2, 0) is 20.6 Å². The average molecular weight is 499 g/mol. The van der Waals surface area contributed by atoms with E-state index in [1.165, 1.54) is 0 Å². The predicted octanol–water partition coefficient (Wildman–Crippen LogP) is 6.42. The zero-order valence-corrected chi connectivity index (χ0v) is 23.1. The number of ether oxygens (including phenoxy) is 2. The fraction of sp³-hybridized carbons (Fsp3) is 0.483. The van der Waals surface area contributed by atoms with Crippen molar-refractivity contribution in [2.24, 2.45) is 0 Å². The van der Waals surface area contributed by atoms with Crippen LogP contribution in [0.25, 0.3) is 6.08 Å². The lowest BCUT2D eigenvalue weighted by molar-refractivity contribution is -0.123. The lowest BCUT2D eigenvalue weighted by Crippen LogP contribution is -2.41. The molecule has 2 unspecified atom stereocenters. The number of carbonyl (C=O) groups excluding carboxylic acids is 1. The number of carbonyl (C=O) groups is 1. The van der Waals surface area contributed by atoms with Gasteiger partial charge >= 0.3 is 0 Å². The largest absolute Gasteiger partial charge is 0.497 e. The van der Waals surface area contributed by atoms with E-state index in [1.54, 1.807) is 7.11 Å². The maximum Gasteiger partial charge on any atom is 0.191 e. The maximum absolute atomic E-state index is 12.8. The quantitative estimate of drug-likeness (QED) is 0.305. The molecule has 0 heterocycles. The molecule has 0 radical (unpaired) electrons. The van der Waals surface area contributed by atoms with E-state index in [4.69, 9.17) is 13.9 Å². The fourth-order valence-electron chi connectivity index (χ4n) is 3.23. The zero-order chi connectivity index (χ0) is 25.9. The topological polar surface area (TPSA) is 65.0 Å². The Bertz CT molecular complexity index is 916. The number of ketones is 1. The minimum atomic E-state index is -1.86. The van der Waals surface area contributed by atoms with Crippen LogP contribution >= 0.6 is 0 Å². The van der Waals surface area contributed by atoms with Crippen LogP contribution in [-0.4, -0.2) is 45.1 Å². The van der Waals surface area contributed by atoms with E-state index in [9.17, 15) is 9.90 Å². The summed E-state index contributed by atoms with van der Waals surface area (Å²) in [7, 11) is -0.229. The Morgan fingerprint density at radius 3 is 2.29 bits per heavy atom. The van der Waals surface area contributed by atoms with Crippen molar-refractivity contribution in [3.05, 3.63) is 71.8 Å². The Morgan fingerprint density at radius 1 is 1.03 bits per heavy atom. The minimum absolute atomic E-state index is 0.0257. The number of hydrogen-bond donors (Lipinski definition) is 1. The molecule has 0 amide bonds. The Morgan fingerprint density at radius 2 is 1.69 bits per heavy atom. The molecule has 0 spiro atoms. The Kier molecular flexibility index (Phi) is 11.4. The molecule has 0 bridgehead atoms. The van der Waals surface area contributed by atoms with Gasteiger partial charge in [-0.3, -0.25) is 4.79 Å². The summed E-state index contributed by atoms with van der Waals surface area (Å²) in [5.41, 5.74) is 2.04. The van der Waals surface area contributed by atoms with Crippen LogP contribution in [0, 0.1) is 0 Å². The van der Waals surface area contributed by atoms with Crippen LogP contribution in [0.1, 0.15) is 51.2 Å². The number of aliphatic hydroxyl groups excluding tert-OH is 1. The Labute approximate surface area is 212 Å². The second-order valence-corrected chi connectivity index (χ2v) is 15.3. The van der Waals surface area contributed by atoms with Gasteiger partial charge in [-0.1, -0.05) is 75.4 Å². The highest BCUT2D eigenvalue weighted by molar-refractivity contribution is 6.74. The number of rotatable bonds is 14. The zero-order valence-electron chi connectivity index (χ0n) is 22.1. The third kappa shape index (κ3) is 10.5. The summed E-state index contributed by atoms with van der Waals surface area (Å²) < 4.78 is 17.4. The smallest absolute Gasteiger partial charge is 0.191 e. The van der Waals surface area contributed by atoms with Crippen LogP contribution in [0.5, 0.6) is 5.75 Å². The number of aliphatic hydroxyl groups is 1. The van der Waals surface area contributed by atoms with Gasteiger partial charge in [0.2, 0.25) is 0 Å². The van der Waals surface area contributed by atoms with Crippen molar-refractivity contribution in [2.75, 3.05) is 13.7 Å². The molecule has 0 aromatic heterocycles. The van der Waals surface area contributed by atoms with E-state index in [-0.39, 0.29) is 29.8 Å². The molecule has 2 aromatic rings. The van der Waals surface area contributed by atoms with Crippen LogP contribution < -0.4 is 4.74 Å². The predicted molar refractivity (Wildman–Crippen MR) is 145 cm³/mol. The summed E-state index contributed by atoms with van der Waals surface area (Å²) in [5.74, 6) is 0.762. The third-order valence-corrected chi connectivity index (χ3v) is 11.1. The Balaban J connectivity index is 1.92. The van der Waals surface area contributed by atoms with Crippen molar-refractivity contribution >= 4 is 20.2 Å². The standard InChI is InChI=1S/C29H42O5Si/c1-29(2,3)35(5,6)34-19-18-25(30)20-26(31)21-28(17-12-23-10-8-7-9-11-23)33-22-24-13-15-27(32-4)16-14-24/h7-17,25,28,30H,18-22H2,1-6H3/b17-12+. The lowest BCUT2D eigenvalue weighted by Gasteiger charge is -2.36. The molecule has 0 saturated heterocycles. The molecule has 0 aliphatic rings. The SMILES string of the molecule is COc1ccc(COC(/C=C/c2ccccc2)CC(=O)CC(O)CCO[Si](C)(C)C(C)(C)C)cc1. The molecule has 0 aliphatic carbocycles. The highest BCUT2D eigenvalue weighted by atomic mass is 28.4. The first-order valence-electron chi connectivity index (χ1n) is 12.3. The molecule has 6 heteroatoms. The molecule has 35 heavy (non-hydrogen) atoms. The minimum Gasteiger partial charge on any atom is -0.497 e. The van der Waals surface area contributed by atoms with E-state index in [1.807, 2.05) is 66.7 Å². The van der Waals surface area contributed by atoms with E-state index >= 15 is 0 Å². The molecular weight excluding hydrogens is 456 g/mol. The van der Waals surface area contributed by atoms with Gasteiger partial charge in [-0.15, -0.1) is 0 Å².